The van der Waals surface area contributed by atoms with E-state index in [0.717, 1.165) is 37.4 Å². The minimum absolute atomic E-state index is 0.114. The van der Waals surface area contributed by atoms with Gasteiger partial charge in [-0.25, -0.2) is 0 Å². The Balaban J connectivity index is 1.65. The molecular weight excluding hydrogens is 288 g/mol. The second kappa shape index (κ2) is 6.69. The van der Waals surface area contributed by atoms with Crippen molar-refractivity contribution in [3.8, 4) is 0 Å². The fraction of sp³-hybridized carbons (Fsp3) is 0.333. The van der Waals surface area contributed by atoms with Crippen LogP contribution >= 0.6 is 0 Å². The molecule has 0 N–H and O–H groups in total. The number of anilines is 2. The van der Waals surface area contributed by atoms with Crippen LogP contribution in [-0.2, 0) is 0 Å². The van der Waals surface area contributed by atoms with Gasteiger partial charge in [0.2, 0.25) is 0 Å². The maximum atomic E-state index is 12.7. The van der Waals surface area contributed by atoms with Crippen LogP contribution in [0.1, 0.15) is 10.4 Å². The minimum Gasteiger partial charge on any atom is -0.378 e. The highest BCUT2D eigenvalue weighted by Crippen LogP contribution is 2.18. The molecule has 0 radical (unpaired) electrons. The third-order valence-electron chi connectivity index (χ3n) is 4.20. The van der Waals surface area contributed by atoms with Crippen LogP contribution in [0.2, 0.25) is 0 Å². The summed E-state index contributed by atoms with van der Waals surface area (Å²) in [7, 11) is 3.97. The van der Waals surface area contributed by atoms with Crippen molar-refractivity contribution in [1.82, 2.24) is 9.88 Å². The zero-order chi connectivity index (χ0) is 16.2. The molecule has 0 atom stereocenters. The van der Waals surface area contributed by atoms with Gasteiger partial charge in [0.05, 0.1) is 0 Å². The lowest BCUT2D eigenvalue weighted by Crippen LogP contribution is -2.48. The van der Waals surface area contributed by atoms with E-state index in [9.17, 15) is 4.79 Å². The van der Waals surface area contributed by atoms with Gasteiger partial charge in [0.15, 0.2) is 0 Å². The van der Waals surface area contributed by atoms with Crippen molar-refractivity contribution in [2.75, 3.05) is 50.1 Å². The average Bonchev–Trinajstić information content (AvgIpc) is 2.62. The molecule has 1 amide bonds. The SMILES string of the molecule is CN(C)c1cccc(C(=O)N2CCN(c3ccncc3)CC2)c1. The van der Waals surface area contributed by atoms with E-state index in [1.54, 1.807) is 12.4 Å². The lowest BCUT2D eigenvalue weighted by Gasteiger charge is -2.36. The average molecular weight is 310 g/mol. The van der Waals surface area contributed by atoms with Crippen LogP contribution in [-0.4, -0.2) is 56.1 Å². The molecule has 1 fully saturated rings. The molecule has 1 aliphatic rings. The maximum absolute atomic E-state index is 12.7. The number of piperazine rings is 1. The summed E-state index contributed by atoms with van der Waals surface area (Å²) in [4.78, 5) is 23.0. The summed E-state index contributed by atoms with van der Waals surface area (Å²) in [5, 5.41) is 0. The molecule has 2 aromatic rings. The molecule has 0 spiro atoms. The van der Waals surface area contributed by atoms with Crippen molar-refractivity contribution in [3.63, 3.8) is 0 Å². The predicted octanol–water partition coefficient (Wildman–Crippen LogP) is 2.11. The van der Waals surface area contributed by atoms with Crippen LogP contribution in [0.5, 0.6) is 0 Å². The molecule has 1 aromatic carbocycles. The highest BCUT2D eigenvalue weighted by atomic mass is 16.2. The first kappa shape index (κ1) is 15.3. The van der Waals surface area contributed by atoms with Gasteiger partial charge in [0, 0.05) is 69.6 Å². The third-order valence-corrected chi connectivity index (χ3v) is 4.20. The fourth-order valence-corrected chi connectivity index (χ4v) is 2.82. The summed E-state index contributed by atoms with van der Waals surface area (Å²) in [6.45, 7) is 3.19. The van der Waals surface area contributed by atoms with Crippen molar-refractivity contribution in [2.45, 2.75) is 0 Å². The van der Waals surface area contributed by atoms with Crippen LogP contribution in [0.15, 0.2) is 48.8 Å². The number of carbonyl (C=O) groups is 1. The van der Waals surface area contributed by atoms with Gasteiger partial charge in [0.25, 0.3) is 5.91 Å². The Morgan fingerprint density at radius 2 is 1.74 bits per heavy atom. The normalized spacial score (nSPS) is 14.7. The molecule has 120 valence electrons. The van der Waals surface area contributed by atoms with Gasteiger partial charge in [-0.2, -0.15) is 0 Å². The highest BCUT2D eigenvalue weighted by molar-refractivity contribution is 5.95. The van der Waals surface area contributed by atoms with E-state index in [0.29, 0.717) is 0 Å². The van der Waals surface area contributed by atoms with Crippen molar-refractivity contribution in [3.05, 3.63) is 54.4 Å². The Morgan fingerprint density at radius 3 is 2.39 bits per heavy atom. The molecule has 0 bridgehead atoms. The van der Waals surface area contributed by atoms with E-state index >= 15 is 0 Å². The number of carbonyl (C=O) groups excluding carboxylic acids is 1. The number of rotatable bonds is 3. The molecule has 0 saturated carbocycles. The molecule has 0 aliphatic carbocycles. The number of hydrogen-bond acceptors (Lipinski definition) is 4. The van der Waals surface area contributed by atoms with Crippen LogP contribution in [0.3, 0.4) is 0 Å². The Bertz CT molecular complexity index is 664. The van der Waals surface area contributed by atoms with Crippen LogP contribution in [0.25, 0.3) is 0 Å². The van der Waals surface area contributed by atoms with Gasteiger partial charge in [0.1, 0.15) is 0 Å². The standard InChI is InChI=1S/C18H22N4O/c1-20(2)17-5-3-4-15(14-17)18(23)22-12-10-21(11-13-22)16-6-8-19-9-7-16/h3-9,14H,10-13H2,1-2H3. The molecule has 1 aromatic heterocycles. The quantitative estimate of drug-likeness (QED) is 0.870. The number of amides is 1. The van der Waals surface area contributed by atoms with Crippen molar-refractivity contribution in [2.24, 2.45) is 0 Å². The Morgan fingerprint density at radius 1 is 1.04 bits per heavy atom. The molecule has 5 heteroatoms. The van der Waals surface area contributed by atoms with Crippen LogP contribution < -0.4 is 9.80 Å². The minimum atomic E-state index is 0.114. The summed E-state index contributed by atoms with van der Waals surface area (Å²) in [6, 6.07) is 11.8. The fourth-order valence-electron chi connectivity index (χ4n) is 2.82. The highest BCUT2D eigenvalue weighted by Gasteiger charge is 2.22. The lowest BCUT2D eigenvalue weighted by atomic mass is 10.1. The summed E-state index contributed by atoms with van der Waals surface area (Å²) >= 11 is 0. The van der Waals surface area contributed by atoms with E-state index in [1.807, 2.05) is 60.3 Å². The summed E-state index contributed by atoms with van der Waals surface area (Å²) in [6.07, 6.45) is 3.61. The number of hydrogen-bond donors (Lipinski definition) is 0. The molecule has 23 heavy (non-hydrogen) atoms. The number of aromatic nitrogens is 1. The first-order valence-electron chi connectivity index (χ1n) is 7.87. The summed E-state index contributed by atoms with van der Waals surface area (Å²) in [5.74, 6) is 0.114. The molecule has 5 nitrogen and oxygen atoms in total. The first-order valence-corrected chi connectivity index (χ1v) is 7.87. The zero-order valence-corrected chi connectivity index (χ0v) is 13.6. The Kier molecular flexibility index (Phi) is 4.46. The smallest absolute Gasteiger partial charge is 0.254 e. The number of benzene rings is 1. The molecular formula is C18H22N4O. The second-order valence-electron chi connectivity index (χ2n) is 5.93. The first-order chi connectivity index (χ1) is 11.1. The number of nitrogens with zero attached hydrogens (tertiary/aromatic N) is 4. The Hall–Kier alpha value is -2.56. The summed E-state index contributed by atoms with van der Waals surface area (Å²) < 4.78 is 0. The van der Waals surface area contributed by atoms with Gasteiger partial charge in [-0.15, -0.1) is 0 Å². The predicted molar refractivity (Wildman–Crippen MR) is 93.1 cm³/mol. The lowest BCUT2D eigenvalue weighted by molar-refractivity contribution is 0.0747. The van der Waals surface area contributed by atoms with Gasteiger partial charge < -0.3 is 14.7 Å². The van der Waals surface area contributed by atoms with E-state index in [2.05, 4.69) is 9.88 Å². The number of pyridine rings is 1. The van der Waals surface area contributed by atoms with Gasteiger partial charge in [-0.3, -0.25) is 9.78 Å². The zero-order valence-electron chi connectivity index (χ0n) is 13.6. The molecule has 3 rings (SSSR count). The van der Waals surface area contributed by atoms with E-state index in [-0.39, 0.29) is 5.91 Å². The molecule has 0 unspecified atom stereocenters. The van der Waals surface area contributed by atoms with Crippen molar-refractivity contribution in [1.29, 1.82) is 0 Å². The van der Waals surface area contributed by atoms with Gasteiger partial charge in [-0.1, -0.05) is 6.07 Å². The van der Waals surface area contributed by atoms with E-state index < -0.39 is 0 Å². The largest absolute Gasteiger partial charge is 0.378 e. The van der Waals surface area contributed by atoms with Crippen LogP contribution in [0, 0.1) is 0 Å². The topological polar surface area (TPSA) is 39.7 Å². The molecule has 1 saturated heterocycles. The van der Waals surface area contributed by atoms with Crippen molar-refractivity contribution < 1.29 is 4.79 Å². The molecule has 2 heterocycles. The maximum Gasteiger partial charge on any atom is 0.254 e. The molecule has 1 aliphatic heterocycles. The summed E-state index contributed by atoms with van der Waals surface area (Å²) in [5.41, 5.74) is 2.97. The van der Waals surface area contributed by atoms with E-state index in [1.165, 1.54) is 5.69 Å². The second-order valence-corrected chi connectivity index (χ2v) is 5.93. The van der Waals surface area contributed by atoms with E-state index in [4.69, 9.17) is 0 Å². The van der Waals surface area contributed by atoms with Gasteiger partial charge >= 0.3 is 0 Å². The van der Waals surface area contributed by atoms with Crippen molar-refractivity contribution >= 4 is 17.3 Å². The third kappa shape index (κ3) is 3.44. The van der Waals surface area contributed by atoms with Gasteiger partial charge in [-0.05, 0) is 30.3 Å². The monoisotopic (exact) mass is 310 g/mol. The Labute approximate surface area is 137 Å². The van der Waals surface area contributed by atoms with Crippen LogP contribution in [0.4, 0.5) is 11.4 Å².